The van der Waals surface area contributed by atoms with Crippen molar-refractivity contribution >= 4 is 40.9 Å². The summed E-state index contributed by atoms with van der Waals surface area (Å²) in [5.74, 6) is -0.207. The monoisotopic (exact) mass is 464 g/mol. The number of imidazole rings is 1. The molecular formula is C17H26Cl2N6O3S. The van der Waals surface area contributed by atoms with E-state index in [1.165, 1.54) is 0 Å². The summed E-state index contributed by atoms with van der Waals surface area (Å²) in [5.41, 5.74) is 7.97. The summed E-state index contributed by atoms with van der Waals surface area (Å²) in [6, 6.07) is 9.29. The Labute approximate surface area is 183 Å². The molecule has 0 aliphatic carbocycles. The molecule has 0 spiro atoms. The van der Waals surface area contributed by atoms with Gasteiger partial charge >= 0.3 is 0 Å². The van der Waals surface area contributed by atoms with Crippen molar-refractivity contribution < 1.29 is 13.2 Å². The second-order valence-corrected chi connectivity index (χ2v) is 8.15. The van der Waals surface area contributed by atoms with Gasteiger partial charge in [0.25, 0.3) is 10.2 Å². The summed E-state index contributed by atoms with van der Waals surface area (Å²) in [6.45, 7) is 1.63. The number of amides is 1. The number of halogens is 2. The molecule has 1 fully saturated rings. The topological polar surface area (TPSA) is 128 Å². The Morgan fingerprint density at radius 1 is 1.10 bits per heavy atom. The highest BCUT2D eigenvalue weighted by molar-refractivity contribution is 7.86. The lowest BCUT2D eigenvalue weighted by Gasteiger charge is -2.34. The maximum atomic E-state index is 12.5. The van der Waals surface area contributed by atoms with Crippen LogP contribution in [0.3, 0.4) is 0 Å². The van der Waals surface area contributed by atoms with Crippen molar-refractivity contribution in [2.75, 3.05) is 26.2 Å². The van der Waals surface area contributed by atoms with Gasteiger partial charge in [0.2, 0.25) is 5.91 Å². The molecule has 0 bridgehead atoms. The molecular weight excluding hydrogens is 439 g/mol. The Balaban J connectivity index is 0.00000210. The molecule has 1 aromatic carbocycles. The standard InChI is InChI=1S/C17H24N6O3S.2ClH/c18-16(17(24)22-6-8-23(9-7-22)27(19,25)26)10-15-12-21(13-20-15)11-14-4-2-1-3-5-14;;/h1-5,12-13,16H,6-11,18H2,(H2,19,25,26);2*1H/t16-;;/m0../s1. The number of nitrogens with zero attached hydrogens (tertiary/aromatic N) is 4. The van der Waals surface area contributed by atoms with Gasteiger partial charge in [0, 0.05) is 45.3 Å². The van der Waals surface area contributed by atoms with Crippen molar-refractivity contribution in [3.8, 4) is 0 Å². The number of benzene rings is 1. The molecule has 9 nitrogen and oxygen atoms in total. The zero-order valence-electron chi connectivity index (χ0n) is 15.8. The van der Waals surface area contributed by atoms with Crippen LogP contribution in [0.5, 0.6) is 0 Å². The summed E-state index contributed by atoms with van der Waals surface area (Å²) < 4.78 is 25.8. The van der Waals surface area contributed by atoms with Crippen LogP contribution in [0.1, 0.15) is 11.3 Å². The van der Waals surface area contributed by atoms with E-state index in [1.54, 1.807) is 11.2 Å². The SMILES string of the molecule is Cl.Cl.N[C@@H](Cc1cn(Cc2ccccc2)cn1)C(=O)N1CCN(S(N)(=O)=O)CC1. The van der Waals surface area contributed by atoms with Gasteiger partial charge in [-0.25, -0.2) is 10.1 Å². The van der Waals surface area contributed by atoms with E-state index in [4.69, 9.17) is 10.9 Å². The van der Waals surface area contributed by atoms with Crippen LogP contribution in [0.4, 0.5) is 0 Å². The van der Waals surface area contributed by atoms with Crippen LogP contribution in [0.15, 0.2) is 42.9 Å². The van der Waals surface area contributed by atoms with Gasteiger partial charge in [-0.3, -0.25) is 4.79 Å². The third-order valence-electron chi connectivity index (χ3n) is 4.55. The molecule has 1 aliphatic rings. The average Bonchev–Trinajstić information content (AvgIpc) is 3.08. The van der Waals surface area contributed by atoms with E-state index in [0.717, 1.165) is 15.6 Å². The van der Waals surface area contributed by atoms with Crippen LogP contribution in [-0.4, -0.2) is 65.3 Å². The lowest BCUT2D eigenvalue weighted by Crippen LogP contribution is -2.55. The first-order chi connectivity index (χ1) is 12.8. The fourth-order valence-electron chi connectivity index (χ4n) is 3.10. The molecule has 1 amide bonds. The molecule has 1 atom stereocenters. The van der Waals surface area contributed by atoms with Gasteiger partial charge in [-0.2, -0.15) is 12.7 Å². The van der Waals surface area contributed by atoms with E-state index in [-0.39, 0.29) is 56.9 Å². The zero-order chi connectivity index (χ0) is 19.4. The number of nitrogens with two attached hydrogens (primary N) is 2. The van der Waals surface area contributed by atoms with E-state index in [9.17, 15) is 13.2 Å². The van der Waals surface area contributed by atoms with Crippen LogP contribution in [0.25, 0.3) is 0 Å². The second kappa shape index (κ2) is 10.9. The van der Waals surface area contributed by atoms with Crippen molar-refractivity contribution in [2.45, 2.75) is 19.0 Å². The van der Waals surface area contributed by atoms with Crippen LogP contribution in [0, 0.1) is 0 Å². The quantitative estimate of drug-likeness (QED) is 0.621. The van der Waals surface area contributed by atoms with E-state index in [2.05, 4.69) is 4.98 Å². The van der Waals surface area contributed by atoms with Crippen molar-refractivity contribution in [1.29, 1.82) is 0 Å². The minimum atomic E-state index is -3.72. The minimum Gasteiger partial charge on any atom is -0.339 e. The first kappa shape index (κ1) is 25.3. The van der Waals surface area contributed by atoms with Gasteiger partial charge in [-0.1, -0.05) is 30.3 Å². The molecule has 2 aromatic rings. The number of hydrogen-bond acceptors (Lipinski definition) is 5. The number of aromatic nitrogens is 2. The fourth-order valence-corrected chi connectivity index (χ4v) is 3.77. The van der Waals surface area contributed by atoms with Gasteiger partial charge in [0.1, 0.15) is 0 Å². The largest absolute Gasteiger partial charge is 0.339 e. The second-order valence-electron chi connectivity index (χ2n) is 6.60. The van der Waals surface area contributed by atoms with E-state index < -0.39 is 16.3 Å². The number of carbonyl (C=O) groups excluding carboxylic acids is 1. The Morgan fingerprint density at radius 3 is 2.31 bits per heavy atom. The molecule has 1 aliphatic heterocycles. The number of carbonyl (C=O) groups is 1. The van der Waals surface area contributed by atoms with E-state index in [1.807, 2.05) is 41.1 Å². The van der Waals surface area contributed by atoms with E-state index in [0.29, 0.717) is 13.0 Å². The van der Waals surface area contributed by atoms with Crippen molar-refractivity contribution in [2.24, 2.45) is 10.9 Å². The Bertz CT molecular complexity index is 886. The molecule has 4 N–H and O–H groups in total. The van der Waals surface area contributed by atoms with Gasteiger partial charge < -0.3 is 15.2 Å². The maximum absolute atomic E-state index is 12.5. The van der Waals surface area contributed by atoms with Gasteiger partial charge in [0.15, 0.2) is 0 Å². The van der Waals surface area contributed by atoms with Crippen LogP contribution in [-0.2, 0) is 28.0 Å². The molecule has 0 radical (unpaired) electrons. The summed E-state index contributed by atoms with van der Waals surface area (Å²) >= 11 is 0. The maximum Gasteiger partial charge on any atom is 0.277 e. The van der Waals surface area contributed by atoms with Gasteiger partial charge in [-0.05, 0) is 5.56 Å². The van der Waals surface area contributed by atoms with Crippen molar-refractivity contribution in [3.05, 3.63) is 54.1 Å². The predicted octanol–water partition coefficient (Wildman–Crippen LogP) is -0.00750. The smallest absolute Gasteiger partial charge is 0.277 e. The van der Waals surface area contributed by atoms with Crippen LogP contribution < -0.4 is 10.9 Å². The lowest BCUT2D eigenvalue weighted by atomic mass is 10.1. The zero-order valence-corrected chi connectivity index (χ0v) is 18.2. The number of piperazine rings is 1. The first-order valence-electron chi connectivity index (χ1n) is 8.70. The highest BCUT2D eigenvalue weighted by Gasteiger charge is 2.29. The Kier molecular flexibility index (Phi) is 9.53. The Hall–Kier alpha value is -1.69. The van der Waals surface area contributed by atoms with Crippen molar-refractivity contribution in [3.63, 3.8) is 0 Å². The summed E-state index contributed by atoms with van der Waals surface area (Å²) in [7, 11) is -3.72. The molecule has 162 valence electrons. The summed E-state index contributed by atoms with van der Waals surface area (Å²) in [5, 5.41) is 5.11. The third-order valence-corrected chi connectivity index (χ3v) is 5.64. The van der Waals surface area contributed by atoms with Crippen LogP contribution in [0.2, 0.25) is 0 Å². The average molecular weight is 465 g/mol. The van der Waals surface area contributed by atoms with Crippen LogP contribution >= 0.6 is 24.8 Å². The summed E-state index contributed by atoms with van der Waals surface area (Å²) in [4.78, 5) is 18.4. The molecule has 1 saturated heterocycles. The Morgan fingerprint density at radius 2 is 1.72 bits per heavy atom. The minimum absolute atomic E-state index is 0. The highest BCUT2D eigenvalue weighted by atomic mass is 35.5. The molecule has 1 aromatic heterocycles. The highest BCUT2D eigenvalue weighted by Crippen LogP contribution is 2.09. The summed E-state index contributed by atoms with van der Waals surface area (Å²) in [6.07, 6.45) is 3.94. The molecule has 2 heterocycles. The van der Waals surface area contributed by atoms with Crippen molar-refractivity contribution in [1.82, 2.24) is 18.8 Å². The van der Waals surface area contributed by atoms with Gasteiger partial charge in [0.05, 0.1) is 18.1 Å². The molecule has 3 rings (SSSR count). The lowest BCUT2D eigenvalue weighted by molar-refractivity contribution is -0.133. The molecule has 12 heteroatoms. The van der Waals surface area contributed by atoms with E-state index >= 15 is 0 Å². The number of hydrogen-bond donors (Lipinski definition) is 2. The van der Waals surface area contributed by atoms with Gasteiger partial charge in [-0.15, -0.1) is 24.8 Å². The molecule has 0 unspecified atom stereocenters. The molecule has 0 saturated carbocycles. The molecule has 29 heavy (non-hydrogen) atoms. The first-order valence-corrected chi connectivity index (χ1v) is 10.2. The normalized spacial score (nSPS) is 15.9. The third kappa shape index (κ3) is 6.95. The number of rotatable bonds is 6. The predicted molar refractivity (Wildman–Crippen MR) is 115 cm³/mol. The fraction of sp³-hybridized carbons (Fsp3) is 0.412.